The Labute approximate surface area is 196 Å². The number of rotatable bonds is 4. The Morgan fingerprint density at radius 3 is 2.44 bits per heavy atom. The van der Waals surface area contributed by atoms with Crippen LogP contribution in [0.4, 0.5) is 18.9 Å². The number of halogens is 3. The van der Waals surface area contributed by atoms with E-state index in [2.05, 4.69) is 21.5 Å². The van der Waals surface area contributed by atoms with Crippen molar-refractivity contribution in [3.63, 3.8) is 0 Å². The van der Waals surface area contributed by atoms with Gasteiger partial charge in [-0.05, 0) is 61.0 Å². The number of carbonyl (C=O) groups is 1. The third-order valence-electron chi connectivity index (χ3n) is 5.22. The molecule has 0 spiro atoms. The van der Waals surface area contributed by atoms with Crippen molar-refractivity contribution in [3.05, 3.63) is 95.8 Å². The number of amides is 1. The molecule has 0 atom stereocenters. The molecule has 1 N–H and O–H groups in total. The molecule has 0 bridgehead atoms. The predicted molar refractivity (Wildman–Crippen MR) is 126 cm³/mol. The van der Waals surface area contributed by atoms with E-state index in [0.717, 1.165) is 37.2 Å². The molecule has 0 aliphatic carbocycles. The first kappa shape index (κ1) is 21.8. The standard InChI is InChI=1S/C25H17F3N4OS/c1-15-7-12-20-21(13-15)34-24(31-20)16-8-10-17(11-9-16)30-23(33)19-14-29-32(22(19)25(26,27)28)18-5-3-2-4-6-18/h2-14H,1H3,(H,30,33). The highest BCUT2D eigenvalue weighted by atomic mass is 32.1. The summed E-state index contributed by atoms with van der Waals surface area (Å²) in [5.74, 6) is -0.891. The third-order valence-corrected chi connectivity index (χ3v) is 6.28. The molecular weight excluding hydrogens is 461 g/mol. The van der Waals surface area contributed by atoms with Crippen LogP contribution in [0.5, 0.6) is 0 Å². The first-order valence-corrected chi connectivity index (χ1v) is 11.1. The van der Waals surface area contributed by atoms with Crippen molar-refractivity contribution in [3.8, 4) is 16.3 Å². The van der Waals surface area contributed by atoms with E-state index < -0.39 is 23.3 Å². The van der Waals surface area contributed by atoms with Crippen LogP contribution in [0.25, 0.3) is 26.5 Å². The lowest BCUT2D eigenvalue weighted by atomic mass is 10.2. The highest BCUT2D eigenvalue weighted by Gasteiger charge is 2.40. The van der Waals surface area contributed by atoms with Gasteiger partial charge in [0.2, 0.25) is 0 Å². The van der Waals surface area contributed by atoms with Crippen LogP contribution in [0.2, 0.25) is 0 Å². The Bertz CT molecular complexity index is 1490. The summed E-state index contributed by atoms with van der Waals surface area (Å²) in [6, 6.07) is 20.7. The van der Waals surface area contributed by atoms with E-state index in [1.165, 1.54) is 12.1 Å². The van der Waals surface area contributed by atoms with Gasteiger partial charge in [-0.2, -0.15) is 18.3 Å². The number of nitrogens with zero attached hydrogens (tertiary/aromatic N) is 3. The van der Waals surface area contributed by atoms with E-state index in [1.54, 1.807) is 53.8 Å². The zero-order valence-corrected chi connectivity index (χ0v) is 18.6. The molecule has 170 valence electrons. The number of anilines is 1. The topological polar surface area (TPSA) is 59.8 Å². The van der Waals surface area contributed by atoms with Gasteiger partial charge in [0.15, 0.2) is 5.69 Å². The van der Waals surface area contributed by atoms with Crippen LogP contribution in [0, 0.1) is 6.92 Å². The van der Waals surface area contributed by atoms with Gasteiger partial charge in [-0.25, -0.2) is 9.67 Å². The van der Waals surface area contributed by atoms with Crippen molar-refractivity contribution in [2.45, 2.75) is 13.1 Å². The fourth-order valence-electron chi connectivity index (χ4n) is 3.60. The molecule has 1 amide bonds. The van der Waals surface area contributed by atoms with Crippen LogP contribution in [-0.2, 0) is 6.18 Å². The lowest BCUT2D eigenvalue weighted by molar-refractivity contribution is -0.143. The lowest BCUT2D eigenvalue weighted by Crippen LogP contribution is -2.20. The third kappa shape index (κ3) is 4.17. The Morgan fingerprint density at radius 2 is 1.74 bits per heavy atom. The van der Waals surface area contributed by atoms with Gasteiger partial charge in [-0.15, -0.1) is 11.3 Å². The van der Waals surface area contributed by atoms with Gasteiger partial charge in [0.1, 0.15) is 5.01 Å². The number of hydrogen-bond donors (Lipinski definition) is 1. The molecule has 0 radical (unpaired) electrons. The number of aromatic nitrogens is 3. The zero-order valence-electron chi connectivity index (χ0n) is 17.8. The molecule has 9 heteroatoms. The number of thiazole rings is 1. The molecule has 0 aliphatic rings. The van der Waals surface area contributed by atoms with Crippen LogP contribution in [0.3, 0.4) is 0 Å². The molecule has 0 saturated carbocycles. The second-order valence-electron chi connectivity index (χ2n) is 7.67. The number of alkyl halides is 3. The fourth-order valence-corrected chi connectivity index (χ4v) is 4.67. The van der Waals surface area contributed by atoms with Crippen LogP contribution >= 0.6 is 11.3 Å². The normalized spacial score (nSPS) is 11.6. The fraction of sp³-hybridized carbons (Fsp3) is 0.0800. The lowest BCUT2D eigenvalue weighted by Gasteiger charge is -2.13. The molecule has 5 rings (SSSR count). The smallest absolute Gasteiger partial charge is 0.322 e. The van der Waals surface area contributed by atoms with Crippen molar-refractivity contribution in [2.24, 2.45) is 0 Å². The second kappa shape index (κ2) is 8.42. The Morgan fingerprint density at radius 1 is 1.00 bits per heavy atom. The highest BCUT2D eigenvalue weighted by Crippen LogP contribution is 2.34. The maximum Gasteiger partial charge on any atom is 0.434 e. The largest absolute Gasteiger partial charge is 0.434 e. The van der Waals surface area contributed by atoms with Crippen molar-refractivity contribution in [2.75, 3.05) is 5.32 Å². The number of aryl methyl sites for hydroxylation is 1. The summed E-state index contributed by atoms with van der Waals surface area (Å²) in [5.41, 5.74) is 1.80. The van der Waals surface area contributed by atoms with Gasteiger partial charge >= 0.3 is 6.18 Å². The molecule has 3 aromatic carbocycles. The number of benzene rings is 3. The first-order valence-electron chi connectivity index (χ1n) is 10.3. The van der Waals surface area contributed by atoms with E-state index >= 15 is 0 Å². The molecule has 2 heterocycles. The van der Waals surface area contributed by atoms with Gasteiger partial charge in [-0.1, -0.05) is 24.3 Å². The summed E-state index contributed by atoms with van der Waals surface area (Å²) in [7, 11) is 0. The minimum atomic E-state index is -4.77. The van der Waals surface area contributed by atoms with Crippen LogP contribution in [0.15, 0.2) is 79.0 Å². The summed E-state index contributed by atoms with van der Waals surface area (Å²) in [6.45, 7) is 2.02. The van der Waals surface area contributed by atoms with Crippen molar-refractivity contribution < 1.29 is 18.0 Å². The second-order valence-corrected chi connectivity index (χ2v) is 8.70. The van der Waals surface area contributed by atoms with E-state index in [0.29, 0.717) is 5.69 Å². The number of nitrogens with one attached hydrogen (secondary N) is 1. The number of fused-ring (bicyclic) bond motifs is 1. The number of hydrogen-bond acceptors (Lipinski definition) is 4. The molecule has 0 fully saturated rings. The maximum atomic E-state index is 13.8. The highest BCUT2D eigenvalue weighted by molar-refractivity contribution is 7.21. The summed E-state index contributed by atoms with van der Waals surface area (Å²) in [5, 5.41) is 7.19. The Balaban J connectivity index is 1.41. The zero-order chi connectivity index (χ0) is 23.9. The molecule has 0 saturated heterocycles. The van der Waals surface area contributed by atoms with Crippen molar-refractivity contribution in [1.82, 2.24) is 14.8 Å². The molecule has 5 nitrogen and oxygen atoms in total. The summed E-state index contributed by atoms with van der Waals surface area (Å²) >= 11 is 1.55. The molecule has 2 aromatic heterocycles. The molecule has 0 aliphatic heterocycles. The van der Waals surface area contributed by atoms with Crippen LogP contribution < -0.4 is 5.32 Å². The van der Waals surface area contributed by atoms with Crippen LogP contribution in [0.1, 0.15) is 21.6 Å². The molecule has 0 unspecified atom stereocenters. The quantitative estimate of drug-likeness (QED) is 0.312. The number of para-hydroxylation sites is 1. The minimum absolute atomic E-state index is 0.212. The maximum absolute atomic E-state index is 13.8. The average Bonchev–Trinajstić information content (AvgIpc) is 3.44. The van der Waals surface area contributed by atoms with Crippen LogP contribution in [-0.4, -0.2) is 20.7 Å². The monoisotopic (exact) mass is 478 g/mol. The average molecular weight is 478 g/mol. The predicted octanol–water partition coefficient (Wildman–Crippen LogP) is 6.73. The summed E-state index contributed by atoms with van der Waals surface area (Å²) in [6.07, 6.45) is -3.84. The van der Waals surface area contributed by atoms with Gasteiger partial charge < -0.3 is 5.32 Å². The molecule has 34 heavy (non-hydrogen) atoms. The summed E-state index contributed by atoms with van der Waals surface area (Å²) < 4.78 is 43.3. The van der Waals surface area contributed by atoms with Gasteiger partial charge in [0.05, 0.1) is 27.7 Å². The molecule has 5 aromatic rings. The first-order chi connectivity index (χ1) is 16.3. The van der Waals surface area contributed by atoms with E-state index in [-0.39, 0.29) is 5.69 Å². The minimum Gasteiger partial charge on any atom is -0.322 e. The van der Waals surface area contributed by atoms with Gasteiger partial charge in [-0.3, -0.25) is 4.79 Å². The van der Waals surface area contributed by atoms with E-state index in [9.17, 15) is 18.0 Å². The van der Waals surface area contributed by atoms with Crippen molar-refractivity contribution in [1.29, 1.82) is 0 Å². The van der Waals surface area contributed by atoms with Gasteiger partial charge in [0, 0.05) is 11.3 Å². The van der Waals surface area contributed by atoms with Gasteiger partial charge in [0.25, 0.3) is 5.91 Å². The number of carbonyl (C=O) groups excluding carboxylic acids is 1. The SMILES string of the molecule is Cc1ccc2nc(-c3ccc(NC(=O)c4cnn(-c5ccccc5)c4C(F)(F)F)cc3)sc2c1. The van der Waals surface area contributed by atoms with Crippen molar-refractivity contribution >= 4 is 33.1 Å². The summed E-state index contributed by atoms with van der Waals surface area (Å²) in [4.78, 5) is 17.4. The Kier molecular flexibility index (Phi) is 5.41. The Hall–Kier alpha value is -3.98. The van der Waals surface area contributed by atoms with E-state index in [4.69, 9.17) is 0 Å². The van der Waals surface area contributed by atoms with E-state index in [1.807, 2.05) is 19.1 Å². The molecular formula is C25H17F3N4OS.